The van der Waals surface area contributed by atoms with Crippen molar-refractivity contribution in [3.8, 4) is 5.75 Å². The van der Waals surface area contributed by atoms with Crippen LogP contribution in [0.25, 0.3) is 0 Å². The molecule has 0 heterocycles. The number of esters is 2. The van der Waals surface area contributed by atoms with Gasteiger partial charge in [0.15, 0.2) is 5.60 Å². The van der Waals surface area contributed by atoms with E-state index in [4.69, 9.17) is 9.47 Å². The number of aliphatic hydroxyl groups excluding tert-OH is 1. The normalized spacial score (nSPS) is 13.6. The molecule has 122 valence electrons. The lowest BCUT2D eigenvalue weighted by Crippen LogP contribution is -2.37. The molecule has 1 aromatic carbocycles. The van der Waals surface area contributed by atoms with E-state index in [1.807, 2.05) is 0 Å². The summed E-state index contributed by atoms with van der Waals surface area (Å²) in [5, 5.41) is 20.1. The molecule has 1 aromatic rings. The van der Waals surface area contributed by atoms with Gasteiger partial charge in [-0.3, -0.25) is 9.59 Å². The van der Waals surface area contributed by atoms with E-state index in [2.05, 4.69) is 0 Å². The summed E-state index contributed by atoms with van der Waals surface area (Å²) in [5.74, 6) is -1.24. The van der Waals surface area contributed by atoms with Gasteiger partial charge in [0.05, 0.1) is 12.5 Å². The molecule has 0 aliphatic heterocycles. The number of benzene rings is 1. The summed E-state index contributed by atoms with van der Waals surface area (Å²) < 4.78 is 10.1. The summed E-state index contributed by atoms with van der Waals surface area (Å²) >= 11 is 0. The van der Waals surface area contributed by atoms with Crippen LogP contribution >= 0.6 is 0 Å². The molecule has 0 saturated carbocycles. The molecule has 0 aliphatic rings. The van der Waals surface area contributed by atoms with Crippen LogP contribution in [0.4, 0.5) is 0 Å². The fourth-order valence-electron chi connectivity index (χ4n) is 1.75. The highest BCUT2D eigenvalue weighted by atomic mass is 16.5. The van der Waals surface area contributed by atoms with E-state index < -0.39 is 30.8 Å². The molecule has 0 unspecified atom stereocenters. The van der Waals surface area contributed by atoms with Gasteiger partial charge in [0.1, 0.15) is 12.4 Å². The van der Waals surface area contributed by atoms with Crippen LogP contribution < -0.4 is 4.74 Å². The maximum absolute atomic E-state index is 11.8. The molecule has 6 heteroatoms. The Morgan fingerprint density at radius 3 is 2.45 bits per heavy atom. The maximum atomic E-state index is 11.8. The number of carbonyl (C=O) groups excluding carboxylic acids is 2. The van der Waals surface area contributed by atoms with Crippen LogP contribution in [0, 0.1) is 12.8 Å². The van der Waals surface area contributed by atoms with E-state index >= 15 is 0 Å². The van der Waals surface area contributed by atoms with Crippen molar-refractivity contribution in [2.45, 2.75) is 33.3 Å². The van der Waals surface area contributed by atoms with Gasteiger partial charge in [-0.1, -0.05) is 26.0 Å². The first kappa shape index (κ1) is 18.1. The number of aryl methyl sites for hydroxylation is 1. The van der Waals surface area contributed by atoms with E-state index in [0.717, 1.165) is 5.56 Å². The van der Waals surface area contributed by atoms with Crippen molar-refractivity contribution < 1.29 is 29.3 Å². The third-order valence-corrected chi connectivity index (χ3v) is 3.10. The lowest BCUT2D eigenvalue weighted by Gasteiger charge is -2.27. The zero-order valence-electron chi connectivity index (χ0n) is 13.3. The highest BCUT2D eigenvalue weighted by molar-refractivity contribution is 5.75. The Bertz CT molecular complexity index is 552. The number of aliphatic hydroxyl groups is 2. The van der Waals surface area contributed by atoms with E-state index in [0.29, 0.717) is 0 Å². The second-order valence-corrected chi connectivity index (χ2v) is 5.55. The third-order valence-electron chi connectivity index (χ3n) is 3.10. The SMILES string of the molecule is CC(=O)OC[C@](O)(CO)c1ccc(C)cc1OC(=O)C(C)C. The van der Waals surface area contributed by atoms with Gasteiger partial charge in [-0.2, -0.15) is 0 Å². The molecule has 1 rings (SSSR count). The molecule has 2 N–H and O–H groups in total. The van der Waals surface area contributed by atoms with Gasteiger partial charge in [-0.25, -0.2) is 0 Å². The van der Waals surface area contributed by atoms with Gasteiger partial charge in [0, 0.05) is 12.5 Å². The molecule has 0 aromatic heterocycles. The van der Waals surface area contributed by atoms with Gasteiger partial charge >= 0.3 is 11.9 Å². The van der Waals surface area contributed by atoms with Crippen LogP contribution in [0.15, 0.2) is 18.2 Å². The van der Waals surface area contributed by atoms with E-state index in [1.54, 1.807) is 32.9 Å². The van der Waals surface area contributed by atoms with Crippen LogP contribution in [0.3, 0.4) is 0 Å². The Balaban J connectivity index is 3.20. The van der Waals surface area contributed by atoms with Crippen LogP contribution in [0.1, 0.15) is 31.9 Å². The van der Waals surface area contributed by atoms with E-state index in [1.165, 1.54) is 13.0 Å². The van der Waals surface area contributed by atoms with Crippen LogP contribution in [-0.4, -0.2) is 35.4 Å². The fourth-order valence-corrected chi connectivity index (χ4v) is 1.75. The van der Waals surface area contributed by atoms with Crippen molar-refractivity contribution in [2.24, 2.45) is 5.92 Å². The summed E-state index contributed by atoms with van der Waals surface area (Å²) in [5.41, 5.74) is -0.828. The van der Waals surface area contributed by atoms with Crippen molar-refractivity contribution in [1.29, 1.82) is 0 Å². The molecule has 0 amide bonds. The highest BCUT2D eigenvalue weighted by Crippen LogP contribution is 2.32. The predicted octanol–water partition coefficient (Wildman–Crippen LogP) is 1.30. The number of hydrogen-bond acceptors (Lipinski definition) is 6. The lowest BCUT2D eigenvalue weighted by molar-refractivity contribution is -0.153. The molecule has 0 saturated heterocycles. The largest absolute Gasteiger partial charge is 0.462 e. The molecular formula is C16H22O6. The summed E-state index contributed by atoms with van der Waals surface area (Å²) in [6.07, 6.45) is 0. The Kier molecular flexibility index (Phi) is 6.08. The monoisotopic (exact) mass is 310 g/mol. The highest BCUT2D eigenvalue weighted by Gasteiger charge is 2.34. The van der Waals surface area contributed by atoms with E-state index in [9.17, 15) is 19.8 Å². The predicted molar refractivity (Wildman–Crippen MR) is 79.3 cm³/mol. The molecular weight excluding hydrogens is 288 g/mol. The minimum absolute atomic E-state index is 0.141. The van der Waals surface area contributed by atoms with Crippen molar-refractivity contribution in [3.05, 3.63) is 29.3 Å². The van der Waals surface area contributed by atoms with Crippen molar-refractivity contribution in [2.75, 3.05) is 13.2 Å². The molecule has 0 fully saturated rings. The average Bonchev–Trinajstić information content (AvgIpc) is 2.44. The zero-order chi connectivity index (χ0) is 16.9. The fraction of sp³-hybridized carbons (Fsp3) is 0.500. The second kappa shape index (κ2) is 7.38. The van der Waals surface area contributed by atoms with Gasteiger partial charge in [-0.15, -0.1) is 0 Å². The smallest absolute Gasteiger partial charge is 0.313 e. The second-order valence-electron chi connectivity index (χ2n) is 5.55. The van der Waals surface area contributed by atoms with Crippen LogP contribution in [0.5, 0.6) is 5.75 Å². The van der Waals surface area contributed by atoms with Gasteiger partial charge < -0.3 is 19.7 Å². The first-order chi connectivity index (χ1) is 10.2. The van der Waals surface area contributed by atoms with Crippen LogP contribution in [0.2, 0.25) is 0 Å². The first-order valence-electron chi connectivity index (χ1n) is 6.99. The molecule has 1 atom stereocenters. The van der Waals surface area contributed by atoms with Gasteiger partial charge in [-0.05, 0) is 18.6 Å². The van der Waals surface area contributed by atoms with Crippen molar-refractivity contribution in [3.63, 3.8) is 0 Å². The van der Waals surface area contributed by atoms with E-state index in [-0.39, 0.29) is 17.2 Å². The summed E-state index contributed by atoms with van der Waals surface area (Å²) in [7, 11) is 0. The summed E-state index contributed by atoms with van der Waals surface area (Å²) in [6, 6.07) is 4.83. The summed E-state index contributed by atoms with van der Waals surface area (Å²) in [4.78, 5) is 22.7. The quantitative estimate of drug-likeness (QED) is 0.608. The van der Waals surface area contributed by atoms with Gasteiger partial charge in [0.2, 0.25) is 0 Å². The number of ether oxygens (including phenoxy) is 2. The molecule has 6 nitrogen and oxygen atoms in total. The third kappa shape index (κ3) is 4.54. The topological polar surface area (TPSA) is 93.1 Å². The standard InChI is InChI=1S/C16H22O6/c1-10(2)15(19)22-14-7-11(3)5-6-13(14)16(20,8-17)9-21-12(4)18/h5-7,10,17,20H,8-9H2,1-4H3/t16-/m1/s1. The molecule has 0 spiro atoms. The number of rotatable bonds is 6. The summed E-state index contributed by atoms with van der Waals surface area (Å²) in [6.45, 7) is 5.26. The number of carbonyl (C=O) groups is 2. The molecule has 0 bridgehead atoms. The number of hydrogen-bond donors (Lipinski definition) is 2. The Morgan fingerprint density at radius 2 is 1.95 bits per heavy atom. The lowest BCUT2D eigenvalue weighted by atomic mass is 9.93. The molecule has 22 heavy (non-hydrogen) atoms. The first-order valence-corrected chi connectivity index (χ1v) is 6.99. The molecule has 0 aliphatic carbocycles. The Labute approximate surface area is 129 Å². The Hall–Kier alpha value is -1.92. The van der Waals surface area contributed by atoms with Crippen LogP contribution in [-0.2, 0) is 19.9 Å². The van der Waals surface area contributed by atoms with Crippen molar-refractivity contribution in [1.82, 2.24) is 0 Å². The Morgan fingerprint density at radius 1 is 1.32 bits per heavy atom. The average molecular weight is 310 g/mol. The zero-order valence-corrected chi connectivity index (χ0v) is 13.3. The molecule has 0 radical (unpaired) electrons. The van der Waals surface area contributed by atoms with Crippen molar-refractivity contribution >= 4 is 11.9 Å². The minimum Gasteiger partial charge on any atom is -0.462 e. The van der Waals surface area contributed by atoms with Gasteiger partial charge in [0.25, 0.3) is 0 Å². The maximum Gasteiger partial charge on any atom is 0.313 e. The minimum atomic E-state index is -1.84.